The lowest BCUT2D eigenvalue weighted by Crippen LogP contribution is -2.53. The number of hydrogen-bond acceptors (Lipinski definition) is 7. The topological polar surface area (TPSA) is 115 Å². The molecule has 0 radical (unpaired) electrons. The van der Waals surface area contributed by atoms with Gasteiger partial charge in [0.05, 0.1) is 18.6 Å². The number of hydrazone groups is 1. The minimum absolute atomic E-state index is 0.0770. The van der Waals surface area contributed by atoms with E-state index in [9.17, 15) is 19.8 Å². The summed E-state index contributed by atoms with van der Waals surface area (Å²) in [5.41, 5.74) is 2.25. The van der Waals surface area contributed by atoms with Gasteiger partial charge in [-0.2, -0.15) is 5.10 Å². The summed E-state index contributed by atoms with van der Waals surface area (Å²) >= 11 is 11.6. The minimum Gasteiger partial charge on any atom is -0.490 e. The predicted octanol–water partition coefficient (Wildman–Crippen LogP) is 5.92. The molecule has 2 aliphatic heterocycles. The Bertz CT molecular complexity index is 1420. The Morgan fingerprint density at radius 2 is 1.77 bits per heavy atom. The summed E-state index contributed by atoms with van der Waals surface area (Å²) in [4.78, 5) is 28.0. The number of ether oxygens (including phenoxy) is 1. The molecule has 5 rings (SSSR count). The van der Waals surface area contributed by atoms with E-state index in [1.54, 1.807) is 37.4 Å². The molecule has 2 aliphatic rings. The summed E-state index contributed by atoms with van der Waals surface area (Å²) in [6.45, 7) is 5.47. The van der Waals surface area contributed by atoms with E-state index in [1.165, 1.54) is 5.01 Å². The van der Waals surface area contributed by atoms with E-state index in [0.717, 1.165) is 16.4 Å². The Hall–Kier alpha value is -3.63. The second kappa shape index (κ2) is 17.0. The van der Waals surface area contributed by atoms with Crippen molar-refractivity contribution in [3.63, 3.8) is 0 Å². The maximum absolute atomic E-state index is 13.6. The third kappa shape index (κ3) is 9.43. The van der Waals surface area contributed by atoms with Crippen LogP contribution in [0.1, 0.15) is 43.9 Å². The number of amidine groups is 1. The molecule has 11 heteroatoms. The molecule has 44 heavy (non-hydrogen) atoms. The monoisotopic (exact) mass is 642 g/mol. The van der Waals surface area contributed by atoms with Gasteiger partial charge in [-0.3, -0.25) is 9.59 Å². The van der Waals surface area contributed by atoms with Crippen LogP contribution >= 0.6 is 23.2 Å². The van der Waals surface area contributed by atoms with Gasteiger partial charge in [-0.05, 0) is 49.7 Å². The number of carbonyl (C=O) groups is 2. The van der Waals surface area contributed by atoms with Crippen LogP contribution in [-0.2, 0) is 9.59 Å². The van der Waals surface area contributed by atoms with Gasteiger partial charge in [0.25, 0.3) is 5.91 Å². The molecule has 3 aromatic rings. The Morgan fingerprint density at radius 3 is 2.41 bits per heavy atom. The molecular weight excluding hydrogens is 603 g/mol. The standard InChI is InChI=1S/C25H29ClN4O5.C6H5Cl.C2H6/c1-15-6-8-21(35-14-18(32)13-31)20(10-15)24-19(25(34)27-17-5-3-4-16(26)11-17)7-9-22-28-29(2)23(33)12-30(22)24;7-6-4-2-1-3-5-6;1-2/h3-6,8,10-11,18-19,24,31-32H,7,9,12-14H2,1-2H3,(H,27,34);1-5H;1-2H3/t18?,19?,24-;;/m0../s1. The zero-order chi connectivity index (χ0) is 32.2. The van der Waals surface area contributed by atoms with Gasteiger partial charge in [0.2, 0.25) is 5.91 Å². The third-order valence-electron chi connectivity index (χ3n) is 6.95. The highest BCUT2D eigenvalue weighted by Gasteiger charge is 2.44. The molecule has 0 saturated carbocycles. The first-order valence-corrected chi connectivity index (χ1v) is 15.3. The number of benzene rings is 3. The molecule has 9 nitrogen and oxygen atoms in total. The number of piperidine rings is 1. The van der Waals surface area contributed by atoms with Crippen LogP contribution in [0.15, 0.2) is 77.9 Å². The summed E-state index contributed by atoms with van der Waals surface area (Å²) in [5, 5.41) is 29.1. The van der Waals surface area contributed by atoms with E-state index in [-0.39, 0.29) is 25.0 Å². The van der Waals surface area contributed by atoms with Crippen LogP contribution in [0.3, 0.4) is 0 Å². The molecule has 1 saturated heterocycles. The molecule has 236 valence electrons. The lowest BCUT2D eigenvalue weighted by Gasteiger charge is -2.45. The first-order valence-electron chi connectivity index (χ1n) is 14.6. The second-order valence-electron chi connectivity index (χ2n) is 10.1. The van der Waals surface area contributed by atoms with Gasteiger partial charge in [-0.15, -0.1) is 0 Å². The molecule has 0 bridgehead atoms. The van der Waals surface area contributed by atoms with Crippen LogP contribution in [0.4, 0.5) is 5.69 Å². The number of halogens is 2. The summed E-state index contributed by atoms with van der Waals surface area (Å²) in [7, 11) is 1.62. The lowest BCUT2D eigenvalue weighted by atomic mass is 9.82. The number of nitrogens with zero attached hydrogens (tertiary/aromatic N) is 3. The molecule has 0 spiro atoms. The highest BCUT2D eigenvalue weighted by Crippen LogP contribution is 2.43. The molecule has 2 heterocycles. The number of carbonyl (C=O) groups excluding carboxylic acids is 2. The summed E-state index contributed by atoms with van der Waals surface area (Å²) in [5.74, 6) is 0.301. The van der Waals surface area contributed by atoms with E-state index in [4.69, 9.17) is 27.9 Å². The fourth-order valence-corrected chi connectivity index (χ4v) is 5.22. The second-order valence-corrected chi connectivity index (χ2v) is 11.0. The van der Waals surface area contributed by atoms with Gasteiger partial charge in [-0.25, -0.2) is 5.01 Å². The molecule has 1 fully saturated rings. The quantitative estimate of drug-likeness (QED) is 0.295. The molecule has 2 amide bonds. The van der Waals surface area contributed by atoms with Gasteiger partial charge < -0.3 is 25.2 Å². The van der Waals surface area contributed by atoms with Crippen LogP contribution in [-0.4, -0.2) is 70.7 Å². The van der Waals surface area contributed by atoms with Crippen molar-refractivity contribution in [3.8, 4) is 5.75 Å². The SMILES string of the molecule is CC.Cc1ccc(OCC(O)CO)c([C@@H]2C(C(=O)Nc3cccc(Cl)c3)CCC3=NN(C)C(=O)CN32)c1.Clc1ccccc1. The number of fused-ring (bicyclic) bond motifs is 1. The van der Waals surface area contributed by atoms with Crippen molar-refractivity contribution in [1.29, 1.82) is 0 Å². The third-order valence-corrected chi connectivity index (χ3v) is 7.43. The van der Waals surface area contributed by atoms with Crippen LogP contribution in [0.5, 0.6) is 5.75 Å². The van der Waals surface area contributed by atoms with Crippen LogP contribution < -0.4 is 10.1 Å². The number of nitrogens with one attached hydrogen (secondary N) is 1. The highest BCUT2D eigenvalue weighted by atomic mass is 35.5. The molecule has 3 N–H and O–H groups in total. The van der Waals surface area contributed by atoms with Crippen molar-refractivity contribution < 1.29 is 24.5 Å². The maximum atomic E-state index is 13.6. The normalized spacial score (nSPS) is 18.0. The zero-order valence-electron chi connectivity index (χ0n) is 25.4. The van der Waals surface area contributed by atoms with Gasteiger partial charge >= 0.3 is 0 Å². The molecular formula is C33H40Cl2N4O5. The average Bonchev–Trinajstić information content (AvgIpc) is 3.02. The predicted molar refractivity (Wildman–Crippen MR) is 175 cm³/mol. The van der Waals surface area contributed by atoms with Gasteiger partial charge in [0, 0.05) is 34.8 Å². The number of hydrogen-bond donors (Lipinski definition) is 3. The Kier molecular flexibility index (Phi) is 13.5. The number of amides is 2. The van der Waals surface area contributed by atoms with Crippen molar-refractivity contribution in [2.24, 2.45) is 11.0 Å². The fraction of sp³-hybridized carbons (Fsp3) is 0.364. The van der Waals surface area contributed by atoms with E-state index < -0.39 is 24.7 Å². The zero-order valence-corrected chi connectivity index (χ0v) is 26.9. The number of likely N-dealkylation sites (N-methyl/N-ethyl adjacent to an activating group) is 1. The summed E-state index contributed by atoms with van der Waals surface area (Å²) < 4.78 is 5.87. The number of aryl methyl sites for hydroxylation is 1. The van der Waals surface area contributed by atoms with Crippen LogP contribution in [0.2, 0.25) is 10.0 Å². The van der Waals surface area contributed by atoms with E-state index >= 15 is 0 Å². The van der Waals surface area contributed by atoms with Gasteiger partial charge in [0.1, 0.15) is 30.8 Å². The number of rotatable bonds is 7. The number of anilines is 1. The molecule has 0 aliphatic carbocycles. The Balaban J connectivity index is 0.000000510. The lowest BCUT2D eigenvalue weighted by molar-refractivity contribution is -0.134. The van der Waals surface area contributed by atoms with Gasteiger partial charge in [-0.1, -0.05) is 79.0 Å². The van der Waals surface area contributed by atoms with E-state index in [0.29, 0.717) is 34.9 Å². The van der Waals surface area contributed by atoms with Crippen LogP contribution in [0, 0.1) is 12.8 Å². The number of aliphatic hydroxyl groups excluding tert-OH is 2. The first kappa shape index (κ1) is 34.9. The van der Waals surface area contributed by atoms with Crippen molar-refractivity contribution >= 4 is 46.5 Å². The Morgan fingerprint density at radius 1 is 1.07 bits per heavy atom. The summed E-state index contributed by atoms with van der Waals surface area (Å²) in [6, 6.07) is 21.4. The van der Waals surface area contributed by atoms with Crippen molar-refractivity contribution in [1.82, 2.24) is 9.91 Å². The molecule has 3 aromatic carbocycles. The molecule has 2 unspecified atom stereocenters. The van der Waals surface area contributed by atoms with Crippen molar-refractivity contribution in [3.05, 3.63) is 94.0 Å². The van der Waals surface area contributed by atoms with Crippen LogP contribution in [0.25, 0.3) is 0 Å². The fourth-order valence-electron chi connectivity index (χ4n) is 4.88. The smallest absolute Gasteiger partial charge is 0.262 e. The summed E-state index contributed by atoms with van der Waals surface area (Å²) in [6.07, 6.45) is 0.00779. The van der Waals surface area contributed by atoms with Crippen molar-refractivity contribution in [2.75, 3.05) is 32.1 Å². The largest absolute Gasteiger partial charge is 0.490 e. The number of aliphatic hydroxyl groups is 2. The van der Waals surface area contributed by atoms with E-state index in [2.05, 4.69) is 10.4 Å². The minimum atomic E-state index is -1.04. The highest BCUT2D eigenvalue weighted by molar-refractivity contribution is 6.31. The molecule has 3 atom stereocenters. The molecule has 0 aromatic heterocycles. The Labute approximate surface area is 269 Å². The van der Waals surface area contributed by atoms with E-state index in [1.807, 2.05) is 68.1 Å². The maximum Gasteiger partial charge on any atom is 0.262 e. The van der Waals surface area contributed by atoms with Crippen molar-refractivity contribution in [2.45, 2.75) is 45.8 Å². The van der Waals surface area contributed by atoms with Gasteiger partial charge in [0.15, 0.2) is 0 Å². The average molecular weight is 644 g/mol. The first-order chi connectivity index (χ1) is 21.2.